The maximum atomic E-state index is 13.3. The van der Waals surface area contributed by atoms with Crippen molar-refractivity contribution in [2.75, 3.05) is 18.0 Å². The molecule has 0 atom stereocenters. The Morgan fingerprint density at radius 3 is 2.33 bits per heavy atom. The molecule has 3 aromatic rings. The van der Waals surface area contributed by atoms with Crippen molar-refractivity contribution in [3.8, 4) is 11.5 Å². The molecule has 1 aliphatic heterocycles. The van der Waals surface area contributed by atoms with Crippen LogP contribution in [0.1, 0.15) is 25.7 Å². The lowest BCUT2D eigenvalue weighted by atomic mass is 10.2. The van der Waals surface area contributed by atoms with Crippen LogP contribution in [0.4, 0.5) is 11.6 Å². The van der Waals surface area contributed by atoms with E-state index in [4.69, 9.17) is 4.42 Å². The number of non-ortho nitro benzene ring substituents is 1. The fourth-order valence-corrected chi connectivity index (χ4v) is 4.88. The van der Waals surface area contributed by atoms with Gasteiger partial charge >= 0.3 is 0 Å². The van der Waals surface area contributed by atoms with Crippen molar-refractivity contribution >= 4 is 21.4 Å². The van der Waals surface area contributed by atoms with Crippen LogP contribution >= 0.6 is 0 Å². The fraction of sp³-hybridized carbons (Fsp3) is 0.286. The number of rotatable bonds is 5. The van der Waals surface area contributed by atoms with Crippen molar-refractivity contribution in [2.45, 2.75) is 35.6 Å². The number of hydrogen-bond acceptors (Lipinski definition) is 7. The van der Waals surface area contributed by atoms with E-state index in [1.54, 1.807) is 24.3 Å². The average molecular weight is 427 g/mol. The van der Waals surface area contributed by atoms with Gasteiger partial charge in [0.15, 0.2) is 0 Å². The number of sulfone groups is 1. The average Bonchev–Trinajstić information content (AvgIpc) is 3.04. The van der Waals surface area contributed by atoms with Gasteiger partial charge in [0.2, 0.25) is 26.6 Å². The van der Waals surface area contributed by atoms with E-state index in [1.165, 1.54) is 30.3 Å². The van der Waals surface area contributed by atoms with Crippen molar-refractivity contribution in [3.05, 3.63) is 64.7 Å². The normalized spacial score (nSPS) is 15.0. The highest BCUT2D eigenvalue weighted by atomic mass is 32.2. The van der Waals surface area contributed by atoms with Gasteiger partial charge in [0.1, 0.15) is 0 Å². The molecule has 9 heteroatoms. The van der Waals surface area contributed by atoms with Crippen LogP contribution in [0.5, 0.6) is 0 Å². The van der Waals surface area contributed by atoms with E-state index in [1.807, 2.05) is 4.90 Å². The highest BCUT2D eigenvalue weighted by Crippen LogP contribution is 2.36. The van der Waals surface area contributed by atoms with Crippen LogP contribution in [-0.4, -0.2) is 31.4 Å². The van der Waals surface area contributed by atoms with Crippen LogP contribution in [0.2, 0.25) is 0 Å². The van der Waals surface area contributed by atoms with Gasteiger partial charge in [0.05, 0.1) is 9.82 Å². The maximum Gasteiger partial charge on any atom is 0.270 e. The smallest absolute Gasteiger partial charge is 0.270 e. The third-order valence-electron chi connectivity index (χ3n) is 5.08. The number of aromatic nitrogens is 1. The molecule has 156 valence electrons. The Morgan fingerprint density at radius 1 is 0.967 bits per heavy atom. The summed E-state index contributed by atoms with van der Waals surface area (Å²) in [7, 11) is -3.92. The summed E-state index contributed by atoms with van der Waals surface area (Å²) < 4.78 is 32.6. The van der Waals surface area contributed by atoms with E-state index in [-0.39, 0.29) is 27.4 Å². The van der Waals surface area contributed by atoms with Gasteiger partial charge in [-0.3, -0.25) is 10.1 Å². The van der Waals surface area contributed by atoms with Crippen LogP contribution in [0.3, 0.4) is 0 Å². The molecule has 0 aliphatic carbocycles. The molecule has 1 saturated heterocycles. The zero-order valence-electron chi connectivity index (χ0n) is 16.2. The Bertz CT molecular complexity index is 1150. The summed E-state index contributed by atoms with van der Waals surface area (Å²) in [5.41, 5.74) is 0.240. The van der Waals surface area contributed by atoms with Crippen molar-refractivity contribution in [2.24, 2.45) is 0 Å². The van der Waals surface area contributed by atoms with Gasteiger partial charge in [-0.15, -0.1) is 0 Å². The third kappa shape index (κ3) is 3.93. The largest absolute Gasteiger partial charge is 0.419 e. The molecule has 4 rings (SSSR count). The number of benzene rings is 2. The van der Waals surface area contributed by atoms with E-state index >= 15 is 0 Å². The number of hydrogen-bond donors (Lipinski definition) is 0. The Morgan fingerprint density at radius 2 is 1.67 bits per heavy atom. The van der Waals surface area contributed by atoms with Crippen molar-refractivity contribution < 1.29 is 17.8 Å². The van der Waals surface area contributed by atoms with E-state index in [2.05, 4.69) is 4.98 Å². The van der Waals surface area contributed by atoms with Gasteiger partial charge in [0, 0.05) is 30.8 Å². The summed E-state index contributed by atoms with van der Waals surface area (Å²) in [5.74, 6) is 0.245. The van der Waals surface area contributed by atoms with Crippen LogP contribution in [-0.2, 0) is 9.84 Å². The zero-order chi connectivity index (χ0) is 21.1. The van der Waals surface area contributed by atoms with Gasteiger partial charge in [-0.1, -0.05) is 37.1 Å². The molecule has 8 nitrogen and oxygen atoms in total. The van der Waals surface area contributed by atoms with E-state index in [0.717, 1.165) is 25.7 Å². The molecule has 0 spiro atoms. The quantitative estimate of drug-likeness (QED) is 0.437. The molecule has 0 saturated carbocycles. The SMILES string of the molecule is O=[N+]([O-])c1cccc(-c2nc(S(=O)(=O)c3ccccc3)c(N3CCCCCC3)o2)c1. The van der Waals surface area contributed by atoms with Gasteiger partial charge in [-0.05, 0) is 31.0 Å². The van der Waals surface area contributed by atoms with Gasteiger partial charge in [-0.2, -0.15) is 4.98 Å². The second-order valence-corrected chi connectivity index (χ2v) is 9.02. The molecule has 2 heterocycles. The minimum atomic E-state index is -3.92. The van der Waals surface area contributed by atoms with Gasteiger partial charge in [-0.25, -0.2) is 8.42 Å². The standard InChI is InChI=1S/C21H21N3O5S/c25-24(26)17-10-8-9-16(15-17)19-22-20(30(27,28)18-11-4-3-5-12-18)21(29-19)23-13-6-1-2-7-14-23/h3-5,8-12,15H,1-2,6-7,13-14H2. The second-order valence-electron chi connectivity index (χ2n) is 7.15. The molecule has 0 unspecified atom stereocenters. The summed E-state index contributed by atoms with van der Waals surface area (Å²) in [6.07, 6.45) is 4.00. The molecule has 1 aliphatic rings. The molecule has 0 radical (unpaired) electrons. The molecular formula is C21H21N3O5S. The topological polar surface area (TPSA) is 107 Å². The number of nitro groups is 1. The van der Waals surface area contributed by atoms with Crippen LogP contribution < -0.4 is 4.90 Å². The highest BCUT2D eigenvalue weighted by Gasteiger charge is 2.31. The second kappa shape index (κ2) is 8.27. The molecule has 1 fully saturated rings. The highest BCUT2D eigenvalue weighted by molar-refractivity contribution is 7.91. The first-order valence-electron chi connectivity index (χ1n) is 9.77. The van der Waals surface area contributed by atoms with E-state index < -0.39 is 14.8 Å². The van der Waals surface area contributed by atoms with Crippen LogP contribution in [0.25, 0.3) is 11.5 Å². The number of nitrogens with zero attached hydrogens (tertiary/aromatic N) is 3. The molecule has 0 N–H and O–H groups in total. The Labute approximate surface area is 174 Å². The summed E-state index contributed by atoms with van der Waals surface area (Å²) in [6, 6.07) is 13.9. The molecule has 0 bridgehead atoms. The Kier molecular flexibility index (Phi) is 5.54. The lowest BCUT2D eigenvalue weighted by Gasteiger charge is -2.20. The van der Waals surface area contributed by atoms with Crippen LogP contribution in [0.15, 0.2) is 68.9 Å². The number of oxazole rings is 1. The predicted octanol–water partition coefficient (Wildman–Crippen LogP) is 4.46. The molecule has 0 amide bonds. The lowest BCUT2D eigenvalue weighted by molar-refractivity contribution is -0.384. The van der Waals surface area contributed by atoms with E-state index in [0.29, 0.717) is 18.7 Å². The molecule has 30 heavy (non-hydrogen) atoms. The third-order valence-corrected chi connectivity index (χ3v) is 6.75. The molecule has 2 aromatic carbocycles. The van der Waals surface area contributed by atoms with E-state index in [9.17, 15) is 18.5 Å². The van der Waals surface area contributed by atoms with Crippen LogP contribution in [0, 0.1) is 10.1 Å². The first-order valence-corrected chi connectivity index (χ1v) is 11.3. The minimum Gasteiger partial charge on any atom is -0.419 e. The number of nitro benzene ring substituents is 1. The monoisotopic (exact) mass is 427 g/mol. The summed E-state index contributed by atoms with van der Waals surface area (Å²) >= 11 is 0. The van der Waals surface area contributed by atoms with Crippen molar-refractivity contribution in [1.29, 1.82) is 0 Å². The predicted molar refractivity (Wildman–Crippen MR) is 111 cm³/mol. The Balaban J connectivity index is 1.85. The summed E-state index contributed by atoms with van der Waals surface area (Å²) in [6.45, 7) is 1.34. The molecular weight excluding hydrogens is 406 g/mol. The summed E-state index contributed by atoms with van der Waals surface area (Å²) in [4.78, 5) is 17.0. The number of anilines is 1. The first kappa shape index (κ1) is 20.1. The fourth-order valence-electron chi connectivity index (χ4n) is 3.53. The first-order chi connectivity index (χ1) is 14.5. The van der Waals surface area contributed by atoms with Gasteiger partial charge in [0.25, 0.3) is 5.69 Å². The van der Waals surface area contributed by atoms with Crippen molar-refractivity contribution in [3.63, 3.8) is 0 Å². The summed E-state index contributed by atoms with van der Waals surface area (Å²) in [5, 5.41) is 11.0. The van der Waals surface area contributed by atoms with Gasteiger partial charge < -0.3 is 9.32 Å². The lowest BCUT2D eigenvalue weighted by Crippen LogP contribution is -2.25. The van der Waals surface area contributed by atoms with Crippen molar-refractivity contribution in [1.82, 2.24) is 4.98 Å². The maximum absolute atomic E-state index is 13.3. The minimum absolute atomic E-state index is 0.0486. The Hall–Kier alpha value is -3.20. The molecule has 1 aromatic heterocycles. The zero-order valence-corrected chi connectivity index (χ0v) is 17.0.